The van der Waals surface area contributed by atoms with Gasteiger partial charge in [0.1, 0.15) is 10.8 Å². The number of amides is 1. The highest BCUT2D eigenvalue weighted by Crippen LogP contribution is 2.17. The van der Waals surface area contributed by atoms with Gasteiger partial charge in [-0.2, -0.15) is 0 Å². The summed E-state index contributed by atoms with van der Waals surface area (Å²) in [6.45, 7) is 0. The number of carbonyl (C=O) groups excluding carboxylic acids is 1. The lowest BCUT2D eigenvalue weighted by molar-refractivity contribution is 0.0920. The predicted molar refractivity (Wildman–Crippen MR) is 64.7 cm³/mol. The average Bonchev–Trinajstić information content (AvgIpc) is 2.33. The fourth-order valence-corrected chi connectivity index (χ4v) is 2.05. The molecule has 0 aliphatic heterocycles. The Morgan fingerprint density at radius 2 is 2.00 bits per heavy atom. The number of nitrogens with two attached hydrogens (primary N) is 1. The van der Waals surface area contributed by atoms with E-state index in [2.05, 4.69) is 15.3 Å². The number of nitrogens with zero attached hydrogens (tertiary/aromatic N) is 2. The van der Waals surface area contributed by atoms with E-state index in [0.717, 1.165) is 25.7 Å². The molecule has 1 aromatic rings. The maximum absolute atomic E-state index is 11.8. The maximum atomic E-state index is 11.8. The molecule has 0 bridgehead atoms. The first-order valence-corrected chi connectivity index (χ1v) is 6.07. The van der Waals surface area contributed by atoms with Gasteiger partial charge in [0.15, 0.2) is 0 Å². The molecule has 0 spiro atoms. The van der Waals surface area contributed by atoms with Crippen LogP contribution in [0.5, 0.6) is 0 Å². The van der Waals surface area contributed by atoms with Crippen LogP contribution in [0.25, 0.3) is 0 Å². The zero-order chi connectivity index (χ0) is 12.3. The molecular weight excluding hydrogens is 240 g/mol. The lowest BCUT2D eigenvalue weighted by Gasteiger charge is -2.26. The van der Waals surface area contributed by atoms with Gasteiger partial charge in [0.25, 0.3) is 5.91 Å². The minimum absolute atomic E-state index is 0.194. The molecule has 1 aliphatic rings. The van der Waals surface area contributed by atoms with Crippen LogP contribution in [0.4, 0.5) is 0 Å². The summed E-state index contributed by atoms with van der Waals surface area (Å²) in [4.78, 5) is 19.6. The monoisotopic (exact) mass is 254 g/mol. The molecule has 0 radical (unpaired) electrons. The number of hydrogen-bond donors (Lipinski definition) is 2. The summed E-state index contributed by atoms with van der Waals surface area (Å²) < 4.78 is 0. The standard InChI is InChI=1S/C11H15ClN4O/c12-10-6-14-9(5-15-10)11(17)16-8-3-1-7(13)2-4-8/h5-8H,1-4,13H2,(H,16,17). The molecule has 0 aromatic carbocycles. The fraction of sp³-hybridized carbons (Fsp3) is 0.545. The Balaban J connectivity index is 1.91. The van der Waals surface area contributed by atoms with Crippen molar-refractivity contribution in [2.24, 2.45) is 5.73 Å². The van der Waals surface area contributed by atoms with E-state index >= 15 is 0 Å². The quantitative estimate of drug-likeness (QED) is 0.829. The third kappa shape index (κ3) is 3.38. The van der Waals surface area contributed by atoms with Gasteiger partial charge in [-0.1, -0.05) is 11.6 Å². The van der Waals surface area contributed by atoms with E-state index in [1.807, 2.05) is 0 Å². The van der Waals surface area contributed by atoms with Crippen LogP contribution >= 0.6 is 11.6 Å². The van der Waals surface area contributed by atoms with Crippen molar-refractivity contribution in [3.63, 3.8) is 0 Å². The number of hydrogen-bond acceptors (Lipinski definition) is 4. The largest absolute Gasteiger partial charge is 0.348 e. The molecular formula is C11H15ClN4O. The van der Waals surface area contributed by atoms with Crippen molar-refractivity contribution >= 4 is 17.5 Å². The van der Waals surface area contributed by atoms with Crippen LogP contribution in [0.15, 0.2) is 12.4 Å². The number of carbonyl (C=O) groups is 1. The maximum Gasteiger partial charge on any atom is 0.271 e. The molecule has 92 valence electrons. The second kappa shape index (κ2) is 5.42. The molecule has 1 amide bonds. The SMILES string of the molecule is NC1CCC(NC(=O)c2cnc(Cl)cn2)CC1. The normalized spacial score (nSPS) is 24.4. The predicted octanol–water partition coefficient (Wildman–Crippen LogP) is 1.13. The van der Waals surface area contributed by atoms with E-state index in [-0.39, 0.29) is 23.1 Å². The van der Waals surface area contributed by atoms with Crippen LogP contribution in [-0.2, 0) is 0 Å². The number of aromatic nitrogens is 2. The minimum atomic E-state index is -0.199. The van der Waals surface area contributed by atoms with Crippen molar-refractivity contribution < 1.29 is 4.79 Å². The highest BCUT2D eigenvalue weighted by atomic mass is 35.5. The molecule has 0 saturated heterocycles. The first-order chi connectivity index (χ1) is 8.15. The van der Waals surface area contributed by atoms with Crippen molar-refractivity contribution in [1.29, 1.82) is 0 Å². The van der Waals surface area contributed by atoms with Crippen molar-refractivity contribution in [2.45, 2.75) is 37.8 Å². The van der Waals surface area contributed by atoms with Crippen molar-refractivity contribution in [3.05, 3.63) is 23.2 Å². The Labute approximate surface area is 105 Å². The van der Waals surface area contributed by atoms with Gasteiger partial charge in [-0.05, 0) is 25.7 Å². The van der Waals surface area contributed by atoms with Crippen molar-refractivity contribution in [1.82, 2.24) is 15.3 Å². The van der Waals surface area contributed by atoms with Crippen LogP contribution in [0.3, 0.4) is 0 Å². The van der Waals surface area contributed by atoms with E-state index in [9.17, 15) is 4.79 Å². The Kier molecular flexibility index (Phi) is 3.91. The smallest absolute Gasteiger partial charge is 0.271 e. The number of rotatable bonds is 2. The molecule has 1 saturated carbocycles. The van der Waals surface area contributed by atoms with Crippen LogP contribution < -0.4 is 11.1 Å². The first-order valence-electron chi connectivity index (χ1n) is 5.69. The van der Waals surface area contributed by atoms with Crippen LogP contribution in [0, 0.1) is 0 Å². The van der Waals surface area contributed by atoms with E-state index < -0.39 is 0 Å². The summed E-state index contributed by atoms with van der Waals surface area (Å²) in [6, 6.07) is 0.471. The van der Waals surface area contributed by atoms with Gasteiger partial charge in [0.05, 0.1) is 12.4 Å². The van der Waals surface area contributed by atoms with Crippen molar-refractivity contribution in [2.75, 3.05) is 0 Å². The third-order valence-corrected chi connectivity index (χ3v) is 3.16. The molecule has 0 atom stereocenters. The first kappa shape index (κ1) is 12.3. The zero-order valence-corrected chi connectivity index (χ0v) is 10.2. The highest BCUT2D eigenvalue weighted by molar-refractivity contribution is 6.29. The molecule has 17 heavy (non-hydrogen) atoms. The summed E-state index contributed by atoms with van der Waals surface area (Å²) >= 11 is 5.61. The number of nitrogens with one attached hydrogen (secondary N) is 1. The Hall–Kier alpha value is -1.20. The Bertz CT molecular complexity index is 387. The van der Waals surface area contributed by atoms with Crippen molar-refractivity contribution in [3.8, 4) is 0 Å². The molecule has 0 unspecified atom stereocenters. The van der Waals surface area contributed by atoms with E-state index in [1.54, 1.807) is 0 Å². The Morgan fingerprint density at radius 1 is 1.29 bits per heavy atom. The minimum Gasteiger partial charge on any atom is -0.348 e. The summed E-state index contributed by atoms with van der Waals surface area (Å²) in [5, 5.41) is 3.22. The summed E-state index contributed by atoms with van der Waals surface area (Å²) in [7, 11) is 0. The van der Waals surface area contributed by atoms with Gasteiger partial charge < -0.3 is 11.1 Å². The molecule has 2 rings (SSSR count). The van der Waals surface area contributed by atoms with Gasteiger partial charge in [0.2, 0.25) is 0 Å². The lowest BCUT2D eigenvalue weighted by Crippen LogP contribution is -2.40. The molecule has 1 heterocycles. The molecule has 1 aliphatic carbocycles. The molecule has 3 N–H and O–H groups in total. The number of halogens is 1. The van der Waals surface area contributed by atoms with E-state index in [4.69, 9.17) is 17.3 Å². The van der Waals surface area contributed by atoms with Gasteiger partial charge in [-0.3, -0.25) is 4.79 Å². The van der Waals surface area contributed by atoms with Gasteiger partial charge in [-0.25, -0.2) is 9.97 Å². The second-order valence-electron chi connectivity index (χ2n) is 4.31. The summed E-state index contributed by atoms with van der Waals surface area (Å²) in [6.07, 6.45) is 6.51. The third-order valence-electron chi connectivity index (χ3n) is 2.96. The Morgan fingerprint density at radius 3 is 2.59 bits per heavy atom. The second-order valence-corrected chi connectivity index (χ2v) is 4.70. The van der Waals surface area contributed by atoms with Crippen LogP contribution in [0.1, 0.15) is 36.2 Å². The van der Waals surface area contributed by atoms with Crippen LogP contribution in [0.2, 0.25) is 5.15 Å². The van der Waals surface area contributed by atoms with Crippen LogP contribution in [-0.4, -0.2) is 28.0 Å². The van der Waals surface area contributed by atoms with Gasteiger partial charge in [-0.15, -0.1) is 0 Å². The molecule has 6 heteroatoms. The van der Waals surface area contributed by atoms with E-state index in [1.165, 1.54) is 12.4 Å². The zero-order valence-electron chi connectivity index (χ0n) is 9.40. The summed E-state index contributed by atoms with van der Waals surface area (Å²) in [5.74, 6) is -0.199. The highest BCUT2D eigenvalue weighted by Gasteiger charge is 2.20. The fourth-order valence-electron chi connectivity index (χ4n) is 1.95. The van der Waals surface area contributed by atoms with Gasteiger partial charge >= 0.3 is 0 Å². The average molecular weight is 255 g/mol. The van der Waals surface area contributed by atoms with E-state index in [0.29, 0.717) is 5.69 Å². The molecule has 1 aromatic heterocycles. The topological polar surface area (TPSA) is 80.9 Å². The molecule has 1 fully saturated rings. The lowest BCUT2D eigenvalue weighted by atomic mass is 9.92. The van der Waals surface area contributed by atoms with Gasteiger partial charge in [0, 0.05) is 12.1 Å². The molecule has 5 nitrogen and oxygen atoms in total. The summed E-state index contributed by atoms with van der Waals surface area (Å²) in [5.41, 5.74) is 6.10.